The molecule has 0 heterocycles. The summed E-state index contributed by atoms with van der Waals surface area (Å²) in [6.45, 7) is 3.92. The van der Waals surface area contributed by atoms with Crippen molar-refractivity contribution >= 4 is 24.1 Å². The first kappa shape index (κ1) is 21.1. The molecule has 0 aromatic heterocycles. The molecule has 0 amide bonds. The van der Waals surface area contributed by atoms with E-state index in [1.54, 1.807) is 43.7 Å². The Bertz CT molecular complexity index is 1030. The second-order valence-electron chi connectivity index (χ2n) is 7.06. The first-order valence-corrected chi connectivity index (χ1v) is 9.54. The minimum atomic E-state index is -0.130. The van der Waals surface area contributed by atoms with E-state index in [4.69, 9.17) is 4.74 Å². The van der Waals surface area contributed by atoms with Gasteiger partial charge in [-0.3, -0.25) is 4.99 Å². The predicted molar refractivity (Wildman–Crippen MR) is 121 cm³/mol. The van der Waals surface area contributed by atoms with Crippen molar-refractivity contribution in [3.05, 3.63) is 81.9 Å². The van der Waals surface area contributed by atoms with Crippen LogP contribution in [0.3, 0.4) is 0 Å². The Hall–Kier alpha value is -3.57. The van der Waals surface area contributed by atoms with Gasteiger partial charge < -0.3 is 20.1 Å². The molecule has 3 rings (SSSR count). The van der Waals surface area contributed by atoms with E-state index in [1.165, 1.54) is 6.07 Å². The molecule has 0 bridgehead atoms. The fraction of sp³-hybridized carbons (Fsp3) is 0.160. The lowest BCUT2D eigenvalue weighted by atomic mass is 10.0. The first-order valence-electron chi connectivity index (χ1n) is 9.54. The minimum Gasteiger partial charge on any atom is -0.507 e. The van der Waals surface area contributed by atoms with Crippen LogP contribution in [-0.4, -0.2) is 28.6 Å². The molecule has 0 saturated heterocycles. The third kappa shape index (κ3) is 4.88. The molecule has 3 aromatic rings. The highest BCUT2D eigenvalue weighted by atomic mass is 16.5. The molecule has 5 nitrogen and oxygen atoms in total. The second-order valence-corrected chi connectivity index (χ2v) is 7.06. The molecule has 0 unspecified atom stereocenters. The van der Waals surface area contributed by atoms with E-state index < -0.39 is 0 Å². The number of benzene rings is 3. The monoisotopic (exact) mass is 403 g/mol. The summed E-state index contributed by atoms with van der Waals surface area (Å²) in [5.41, 5.74) is 5.73. The Morgan fingerprint density at radius 2 is 1.50 bits per heavy atom. The first-order chi connectivity index (χ1) is 14.4. The Balaban J connectivity index is 1.95. The Morgan fingerprint density at radius 3 is 2.17 bits per heavy atom. The van der Waals surface area contributed by atoms with Crippen LogP contribution in [0.2, 0.25) is 0 Å². The van der Waals surface area contributed by atoms with Gasteiger partial charge in [-0.05, 0) is 66.9 Å². The van der Waals surface area contributed by atoms with Crippen LogP contribution in [0, 0.1) is 13.8 Å². The van der Waals surface area contributed by atoms with Gasteiger partial charge in [0.2, 0.25) is 0 Å². The van der Waals surface area contributed by atoms with Gasteiger partial charge >= 0.3 is 0 Å². The molecule has 3 N–H and O–H groups in total. The molecule has 5 heteroatoms. The van der Waals surface area contributed by atoms with Crippen LogP contribution in [-0.2, 0) is 6.61 Å². The van der Waals surface area contributed by atoms with Crippen LogP contribution >= 0.6 is 0 Å². The Kier molecular flexibility index (Phi) is 6.54. The molecule has 0 saturated carbocycles. The summed E-state index contributed by atoms with van der Waals surface area (Å²) in [5, 5.41) is 29.5. The lowest BCUT2D eigenvalue weighted by Gasteiger charge is -2.08. The van der Waals surface area contributed by atoms with Gasteiger partial charge in [0, 0.05) is 29.0 Å². The molecule has 0 spiro atoms. The van der Waals surface area contributed by atoms with Gasteiger partial charge in [0.05, 0.1) is 19.4 Å². The van der Waals surface area contributed by atoms with Gasteiger partial charge in [0.25, 0.3) is 0 Å². The number of aliphatic hydroxyl groups is 1. The number of nitrogens with zero attached hydrogens (tertiary/aromatic N) is 1. The van der Waals surface area contributed by atoms with E-state index in [2.05, 4.69) is 4.99 Å². The van der Waals surface area contributed by atoms with E-state index in [0.717, 1.165) is 22.4 Å². The zero-order valence-electron chi connectivity index (χ0n) is 17.3. The minimum absolute atomic E-state index is 0.0642. The highest BCUT2D eigenvalue weighted by Gasteiger charge is 2.05. The molecule has 3 aromatic carbocycles. The molecular weight excluding hydrogens is 378 g/mol. The molecule has 0 radical (unpaired) electrons. The van der Waals surface area contributed by atoms with Crippen molar-refractivity contribution in [2.24, 2.45) is 4.99 Å². The van der Waals surface area contributed by atoms with Crippen molar-refractivity contribution in [1.82, 2.24) is 0 Å². The van der Waals surface area contributed by atoms with Crippen LogP contribution in [0.1, 0.15) is 33.4 Å². The summed E-state index contributed by atoms with van der Waals surface area (Å²) < 4.78 is 5.12. The maximum absolute atomic E-state index is 10.2. The number of methoxy groups -OCH3 is 1. The van der Waals surface area contributed by atoms with Crippen molar-refractivity contribution in [1.29, 1.82) is 0 Å². The number of aliphatic hydroxyl groups excluding tert-OH is 1. The number of hydrogen-bond donors (Lipinski definition) is 3. The second kappa shape index (κ2) is 9.29. The predicted octanol–water partition coefficient (Wildman–Crippen LogP) is 5.14. The molecule has 0 aliphatic rings. The maximum Gasteiger partial charge on any atom is 0.126 e. The molecule has 0 fully saturated rings. The van der Waals surface area contributed by atoms with Crippen molar-refractivity contribution < 1.29 is 20.1 Å². The van der Waals surface area contributed by atoms with E-state index in [9.17, 15) is 15.3 Å². The number of hydrogen-bond acceptors (Lipinski definition) is 5. The number of rotatable bonds is 6. The number of phenolic OH excluding ortho intramolecular Hbond substituents is 2. The summed E-state index contributed by atoms with van der Waals surface area (Å²) in [7, 11) is 1.55. The maximum atomic E-state index is 10.2. The zero-order chi connectivity index (χ0) is 21.7. The van der Waals surface area contributed by atoms with Gasteiger partial charge in [-0.1, -0.05) is 18.2 Å². The van der Waals surface area contributed by atoms with Crippen LogP contribution in [0.5, 0.6) is 17.2 Å². The summed E-state index contributed by atoms with van der Waals surface area (Å²) in [6.07, 6.45) is 5.32. The van der Waals surface area contributed by atoms with Crippen molar-refractivity contribution in [3.8, 4) is 17.2 Å². The average molecular weight is 403 g/mol. The van der Waals surface area contributed by atoms with Crippen LogP contribution in [0.4, 0.5) is 5.69 Å². The number of phenols is 2. The highest BCUT2D eigenvalue weighted by molar-refractivity contribution is 5.87. The lowest BCUT2D eigenvalue weighted by Crippen LogP contribution is -1.88. The fourth-order valence-electron chi connectivity index (χ4n) is 2.98. The fourth-order valence-corrected chi connectivity index (χ4v) is 2.98. The van der Waals surface area contributed by atoms with E-state index in [0.29, 0.717) is 22.4 Å². The summed E-state index contributed by atoms with van der Waals surface area (Å²) in [5.74, 6) is 0.788. The largest absolute Gasteiger partial charge is 0.507 e. The molecule has 0 atom stereocenters. The summed E-state index contributed by atoms with van der Waals surface area (Å²) in [4.78, 5) is 4.58. The van der Waals surface area contributed by atoms with Gasteiger partial charge in [-0.15, -0.1) is 0 Å². The van der Waals surface area contributed by atoms with Crippen LogP contribution in [0.15, 0.2) is 53.5 Å². The number of aromatic hydroxyl groups is 2. The molecule has 154 valence electrons. The SMILES string of the molecule is COc1ccc(/C=C/c2cc(C)c(C)cc2N=Cc2ccc(CO)cc2O)c(O)c1. The lowest BCUT2D eigenvalue weighted by molar-refractivity contribution is 0.281. The smallest absolute Gasteiger partial charge is 0.126 e. The molecule has 30 heavy (non-hydrogen) atoms. The molecule has 0 aliphatic carbocycles. The van der Waals surface area contributed by atoms with Gasteiger partial charge in [-0.2, -0.15) is 0 Å². The Labute approximate surface area is 176 Å². The summed E-state index contributed by atoms with van der Waals surface area (Å²) in [6, 6.07) is 14.2. The van der Waals surface area contributed by atoms with Crippen molar-refractivity contribution in [2.75, 3.05) is 7.11 Å². The molecular formula is C25H25NO4. The van der Waals surface area contributed by atoms with E-state index in [1.807, 2.05) is 38.1 Å². The standard InChI is InChI=1S/C25H25NO4/c1-16-10-20(7-6-19-8-9-22(30-3)13-25(19)29)23(11-17(16)2)26-14-21-5-4-18(15-27)12-24(21)28/h4-14,27-29H,15H2,1-3H3/b7-6+,26-14?. The highest BCUT2D eigenvalue weighted by Crippen LogP contribution is 2.29. The number of ether oxygens (including phenoxy) is 1. The van der Waals surface area contributed by atoms with Crippen LogP contribution < -0.4 is 4.74 Å². The number of aliphatic imine (C=N–C) groups is 1. The van der Waals surface area contributed by atoms with E-state index >= 15 is 0 Å². The average Bonchev–Trinajstić information content (AvgIpc) is 2.74. The third-order valence-corrected chi connectivity index (χ3v) is 4.94. The van der Waals surface area contributed by atoms with Gasteiger partial charge in [0.1, 0.15) is 17.2 Å². The van der Waals surface area contributed by atoms with Gasteiger partial charge in [0.15, 0.2) is 0 Å². The normalized spacial score (nSPS) is 11.5. The van der Waals surface area contributed by atoms with Crippen molar-refractivity contribution in [3.63, 3.8) is 0 Å². The van der Waals surface area contributed by atoms with E-state index in [-0.39, 0.29) is 18.1 Å². The van der Waals surface area contributed by atoms with Crippen molar-refractivity contribution in [2.45, 2.75) is 20.5 Å². The van der Waals surface area contributed by atoms with Gasteiger partial charge in [-0.25, -0.2) is 0 Å². The Morgan fingerprint density at radius 1 is 0.833 bits per heavy atom. The quantitative estimate of drug-likeness (QED) is 0.393. The summed E-state index contributed by atoms with van der Waals surface area (Å²) >= 11 is 0. The number of aryl methyl sites for hydroxylation is 2. The zero-order valence-corrected chi connectivity index (χ0v) is 17.3. The topological polar surface area (TPSA) is 82.3 Å². The van der Waals surface area contributed by atoms with Crippen LogP contribution in [0.25, 0.3) is 12.2 Å². The molecule has 0 aliphatic heterocycles. The third-order valence-electron chi connectivity index (χ3n) is 4.94.